The van der Waals surface area contributed by atoms with Gasteiger partial charge in [-0.25, -0.2) is 8.42 Å². The Labute approximate surface area is 212 Å². The van der Waals surface area contributed by atoms with E-state index in [0.717, 1.165) is 12.3 Å². The number of benzene rings is 3. The number of methoxy groups -OCH3 is 2. The molecule has 3 aromatic rings. The summed E-state index contributed by atoms with van der Waals surface area (Å²) in [5.41, 5.74) is 0.620. The van der Waals surface area contributed by atoms with Crippen molar-refractivity contribution >= 4 is 44.6 Å². The van der Waals surface area contributed by atoms with Gasteiger partial charge >= 0.3 is 0 Å². The third-order valence-corrected chi connectivity index (χ3v) is 5.72. The molecular weight excluding hydrogens is 514 g/mol. The van der Waals surface area contributed by atoms with Crippen molar-refractivity contribution in [2.45, 2.75) is 6.61 Å². The third kappa shape index (κ3) is 6.77. The maximum absolute atomic E-state index is 12.7. The fourth-order valence-corrected chi connectivity index (χ4v) is 3.91. The average molecular weight is 536 g/mol. The summed E-state index contributed by atoms with van der Waals surface area (Å²) in [6, 6.07) is 13.1. The average Bonchev–Trinajstić information content (AvgIpc) is 2.82. The maximum Gasteiger partial charge on any atom is 0.288 e. The van der Waals surface area contributed by atoms with Gasteiger partial charge in [0.15, 0.2) is 0 Å². The number of nitro benzene ring substituents is 1. The van der Waals surface area contributed by atoms with Gasteiger partial charge in [0, 0.05) is 28.9 Å². The van der Waals surface area contributed by atoms with E-state index in [-0.39, 0.29) is 34.3 Å². The number of nitrogens with one attached hydrogen (secondary N) is 2. The zero-order valence-electron chi connectivity index (χ0n) is 19.4. The minimum atomic E-state index is -3.64. The molecule has 3 rings (SSSR count). The second-order valence-electron chi connectivity index (χ2n) is 7.43. The lowest BCUT2D eigenvalue weighted by atomic mass is 10.1. The van der Waals surface area contributed by atoms with Crippen molar-refractivity contribution in [3.05, 3.63) is 80.9 Å². The van der Waals surface area contributed by atoms with Crippen LogP contribution in [0.3, 0.4) is 0 Å². The van der Waals surface area contributed by atoms with Crippen LogP contribution in [-0.2, 0) is 16.6 Å². The van der Waals surface area contributed by atoms with Crippen LogP contribution in [0.25, 0.3) is 0 Å². The third-order valence-electron chi connectivity index (χ3n) is 4.81. The summed E-state index contributed by atoms with van der Waals surface area (Å²) in [5, 5.41) is 13.6. The Balaban J connectivity index is 1.90. The van der Waals surface area contributed by atoms with Crippen LogP contribution in [-0.4, -0.2) is 39.7 Å². The van der Waals surface area contributed by atoms with Gasteiger partial charge in [0.1, 0.15) is 28.9 Å². The first kappa shape index (κ1) is 26.6. The Bertz CT molecular complexity index is 1410. The highest BCUT2D eigenvalue weighted by molar-refractivity contribution is 7.92. The van der Waals surface area contributed by atoms with Crippen molar-refractivity contribution in [1.29, 1.82) is 0 Å². The summed E-state index contributed by atoms with van der Waals surface area (Å²) in [6.45, 7) is -0.0143. The molecule has 36 heavy (non-hydrogen) atoms. The fraction of sp³-hybridized carbons (Fsp3) is 0.174. The number of amides is 1. The zero-order valence-corrected chi connectivity index (χ0v) is 21.0. The molecule has 0 heterocycles. The molecule has 2 N–H and O–H groups in total. The van der Waals surface area contributed by atoms with Crippen LogP contribution < -0.4 is 24.2 Å². The molecule has 1 amide bonds. The van der Waals surface area contributed by atoms with Gasteiger partial charge in [0.05, 0.1) is 31.1 Å². The number of nitro groups is 1. The van der Waals surface area contributed by atoms with Gasteiger partial charge < -0.3 is 19.5 Å². The SMILES string of the molecule is COc1ccc(OC)c(COc2cc(NC(=O)c3ccc(Cl)c([N+](=O)[O-])c3)ccc2NS(C)(=O)=O)c1. The van der Waals surface area contributed by atoms with E-state index < -0.39 is 26.5 Å². The van der Waals surface area contributed by atoms with E-state index in [4.69, 9.17) is 25.8 Å². The Morgan fingerprint density at radius 3 is 2.42 bits per heavy atom. The lowest BCUT2D eigenvalue weighted by Crippen LogP contribution is -2.14. The lowest BCUT2D eigenvalue weighted by molar-refractivity contribution is -0.384. The molecule has 0 aliphatic heterocycles. The lowest BCUT2D eigenvalue weighted by Gasteiger charge is -2.16. The zero-order chi connectivity index (χ0) is 26.5. The molecule has 0 spiro atoms. The molecule has 0 aliphatic rings. The molecule has 0 radical (unpaired) electrons. The number of hydrogen-bond donors (Lipinski definition) is 2. The predicted octanol–water partition coefficient (Wildman–Crippen LogP) is 4.47. The van der Waals surface area contributed by atoms with Gasteiger partial charge in [-0.15, -0.1) is 0 Å². The van der Waals surface area contributed by atoms with Crippen LogP contribution in [0.1, 0.15) is 15.9 Å². The second-order valence-corrected chi connectivity index (χ2v) is 9.58. The number of carbonyl (C=O) groups is 1. The first-order chi connectivity index (χ1) is 17.0. The van der Waals surface area contributed by atoms with Gasteiger partial charge in [-0.1, -0.05) is 11.6 Å². The van der Waals surface area contributed by atoms with E-state index in [2.05, 4.69) is 10.0 Å². The van der Waals surface area contributed by atoms with Gasteiger partial charge in [0.2, 0.25) is 10.0 Å². The number of ether oxygens (including phenoxy) is 3. The summed E-state index contributed by atoms with van der Waals surface area (Å²) in [5.74, 6) is 0.577. The number of carbonyl (C=O) groups excluding carboxylic acids is 1. The number of anilines is 2. The number of halogens is 1. The molecule has 13 heteroatoms. The smallest absolute Gasteiger partial charge is 0.288 e. The standard InChI is InChI=1S/C23H22ClN3O8S/c1-33-17-6-9-21(34-2)15(10-17)13-35-22-12-16(5-8-19(22)26-36(3,31)32)25-23(28)14-4-7-18(24)20(11-14)27(29)30/h4-12,26H,13H2,1-3H3,(H,25,28). The molecular formula is C23H22ClN3O8S. The first-order valence-electron chi connectivity index (χ1n) is 10.2. The molecule has 11 nitrogen and oxygen atoms in total. The largest absolute Gasteiger partial charge is 0.497 e. The van der Waals surface area contributed by atoms with E-state index in [1.54, 1.807) is 18.2 Å². The topological polar surface area (TPSA) is 146 Å². The monoisotopic (exact) mass is 535 g/mol. The molecule has 190 valence electrons. The number of hydrogen-bond acceptors (Lipinski definition) is 8. The molecule has 0 aromatic heterocycles. The van der Waals surface area contributed by atoms with E-state index in [1.165, 1.54) is 44.6 Å². The van der Waals surface area contributed by atoms with Crippen LogP contribution in [0, 0.1) is 10.1 Å². The minimum absolute atomic E-state index is 0.00743. The molecule has 0 atom stereocenters. The molecule has 0 unspecified atom stereocenters. The Morgan fingerprint density at radius 2 is 1.78 bits per heavy atom. The van der Waals surface area contributed by atoms with Crippen LogP contribution in [0.5, 0.6) is 17.2 Å². The van der Waals surface area contributed by atoms with Crippen molar-refractivity contribution in [1.82, 2.24) is 0 Å². The quantitative estimate of drug-likeness (QED) is 0.285. The Morgan fingerprint density at radius 1 is 1.03 bits per heavy atom. The van der Waals surface area contributed by atoms with E-state index in [0.29, 0.717) is 17.1 Å². The number of rotatable bonds is 10. The summed E-state index contributed by atoms with van der Waals surface area (Å²) < 4.78 is 42.5. The van der Waals surface area contributed by atoms with Crippen molar-refractivity contribution in [2.24, 2.45) is 0 Å². The minimum Gasteiger partial charge on any atom is -0.497 e. The highest BCUT2D eigenvalue weighted by atomic mass is 35.5. The van der Waals surface area contributed by atoms with Gasteiger partial charge in [0.25, 0.3) is 11.6 Å². The Hall–Kier alpha value is -4.03. The van der Waals surface area contributed by atoms with Crippen molar-refractivity contribution in [3.63, 3.8) is 0 Å². The molecule has 0 saturated heterocycles. The van der Waals surface area contributed by atoms with E-state index in [1.807, 2.05) is 0 Å². The molecule has 0 bridgehead atoms. The highest BCUT2D eigenvalue weighted by Gasteiger charge is 2.18. The van der Waals surface area contributed by atoms with Crippen molar-refractivity contribution in [3.8, 4) is 17.2 Å². The molecule has 3 aromatic carbocycles. The maximum atomic E-state index is 12.7. The number of nitrogens with zero attached hydrogens (tertiary/aromatic N) is 1. The second kappa shape index (κ2) is 11.1. The highest BCUT2D eigenvalue weighted by Crippen LogP contribution is 2.32. The van der Waals surface area contributed by atoms with Gasteiger partial charge in [-0.3, -0.25) is 19.6 Å². The van der Waals surface area contributed by atoms with Crippen LogP contribution >= 0.6 is 11.6 Å². The van der Waals surface area contributed by atoms with Gasteiger partial charge in [-0.2, -0.15) is 0 Å². The molecule has 0 saturated carbocycles. The predicted molar refractivity (Wildman–Crippen MR) is 135 cm³/mol. The van der Waals surface area contributed by atoms with Crippen molar-refractivity contribution in [2.75, 3.05) is 30.5 Å². The fourth-order valence-electron chi connectivity index (χ4n) is 3.15. The van der Waals surface area contributed by atoms with Crippen LogP contribution in [0.15, 0.2) is 54.6 Å². The normalized spacial score (nSPS) is 10.9. The van der Waals surface area contributed by atoms with Crippen LogP contribution in [0.2, 0.25) is 5.02 Å². The summed E-state index contributed by atoms with van der Waals surface area (Å²) in [7, 11) is -0.625. The molecule has 0 fully saturated rings. The summed E-state index contributed by atoms with van der Waals surface area (Å²) in [6.07, 6.45) is 0.991. The van der Waals surface area contributed by atoms with E-state index in [9.17, 15) is 23.3 Å². The number of sulfonamides is 1. The first-order valence-corrected chi connectivity index (χ1v) is 12.5. The molecule has 0 aliphatic carbocycles. The van der Waals surface area contributed by atoms with E-state index >= 15 is 0 Å². The summed E-state index contributed by atoms with van der Waals surface area (Å²) >= 11 is 5.81. The van der Waals surface area contributed by atoms with Crippen molar-refractivity contribution < 1.29 is 32.3 Å². The summed E-state index contributed by atoms with van der Waals surface area (Å²) in [4.78, 5) is 23.1. The Kier molecular flexibility index (Phi) is 8.22. The van der Waals surface area contributed by atoms with Crippen LogP contribution in [0.4, 0.5) is 17.1 Å². The van der Waals surface area contributed by atoms with Gasteiger partial charge in [-0.05, 0) is 42.5 Å².